The Morgan fingerprint density at radius 2 is 2.08 bits per heavy atom. The van der Waals surface area contributed by atoms with Gasteiger partial charge in [-0.15, -0.1) is 0 Å². The summed E-state index contributed by atoms with van der Waals surface area (Å²) in [5, 5.41) is 2.69. The van der Waals surface area contributed by atoms with Crippen LogP contribution in [0.15, 0.2) is 24.3 Å². The summed E-state index contributed by atoms with van der Waals surface area (Å²) < 4.78 is 19.3. The second kappa shape index (κ2) is 8.05. The first kappa shape index (κ1) is 17.3. The van der Waals surface area contributed by atoms with Crippen molar-refractivity contribution in [3.63, 3.8) is 0 Å². The lowest BCUT2D eigenvalue weighted by Crippen LogP contribution is -2.53. The molecule has 2 aliphatic rings. The number of hydrogen-bond donors (Lipinski definition) is 1. The minimum atomic E-state index is -0.403. The predicted molar refractivity (Wildman–Crippen MR) is 91.5 cm³/mol. The van der Waals surface area contributed by atoms with Crippen molar-refractivity contribution < 1.29 is 13.9 Å². The zero-order valence-corrected chi connectivity index (χ0v) is 14.2. The third-order valence-electron chi connectivity index (χ3n) is 4.95. The van der Waals surface area contributed by atoms with E-state index < -0.39 is 5.82 Å². The average molecular weight is 335 g/mol. The first-order valence-electron chi connectivity index (χ1n) is 8.77. The summed E-state index contributed by atoms with van der Waals surface area (Å²) in [4.78, 5) is 16.9. The molecule has 6 heteroatoms. The van der Waals surface area contributed by atoms with Crippen molar-refractivity contribution in [3.05, 3.63) is 30.1 Å². The lowest BCUT2D eigenvalue weighted by molar-refractivity contribution is -0.121. The van der Waals surface area contributed by atoms with Gasteiger partial charge in [0.25, 0.3) is 0 Å². The van der Waals surface area contributed by atoms with Crippen LogP contribution in [0.3, 0.4) is 0 Å². The minimum absolute atomic E-state index is 0.160. The van der Waals surface area contributed by atoms with E-state index in [0.29, 0.717) is 6.10 Å². The third kappa shape index (κ3) is 4.32. The van der Waals surface area contributed by atoms with E-state index in [4.69, 9.17) is 4.74 Å². The number of nitrogens with one attached hydrogen (secondary N) is 1. The van der Waals surface area contributed by atoms with Crippen LogP contribution in [-0.4, -0.2) is 67.2 Å². The minimum Gasteiger partial charge on any atom is -0.377 e. The van der Waals surface area contributed by atoms with Gasteiger partial charge in [0.15, 0.2) is 0 Å². The van der Waals surface area contributed by atoms with Crippen molar-refractivity contribution in [2.45, 2.75) is 31.9 Å². The lowest BCUT2D eigenvalue weighted by Gasteiger charge is -2.38. The van der Waals surface area contributed by atoms with Gasteiger partial charge in [-0.3, -0.25) is 14.6 Å². The molecule has 2 atom stereocenters. The van der Waals surface area contributed by atoms with Gasteiger partial charge in [-0.25, -0.2) is 4.39 Å². The van der Waals surface area contributed by atoms with E-state index >= 15 is 0 Å². The van der Waals surface area contributed by atoms with E-state index in [9.17, 15) is 9.18 Å². The smallest absolute Gasteiger partial charge is 0.241 e. The van der Waals surface area contributed by atoms with Crippen LogP contribution < -0.4 is 5.32 Å². The number of para-hydroxylation sites is 1. The zero-order valence-electron chi connectivity index (χ0n) is 14.2. The van der Waals surface area contributed by atoms with Crippen molar-refractivity contribution in [2.24, 2.45) is 0 Å². The molecule has 132 valence electrons. The van der Waals surface area contributed by atoms with E-state index in [2.05, 4.69) is 15.1 Å². The molecule has 1 amide bonds. The molecule has 2 fully saturated rings. The van der Waals surface area contributed by atoms with E-state index in [0.717, 1.165) is 52.2 Å². The molecule has 0 bridgehead atoms. The van der Waals surface area contributed by atoms with Crippen LogP contribution in [0.2, 0.25) is 0 Å². The Hall–Kier alpha value is -1.50. The maximum atomic E-state index is 13.7. The average Bonchev–Trinajstić information content (AvgIpc) is 3.10. The fraction of sp³-hybridized carbons (Fsp3) is 0.611. The molecular weight excluding hydrogens is 309 g/mol. The Balaban J connectivity index is 1.46. The molecule has 0 spiro atoms. The Kier molecular flexibility index (Phi) is 5.81. The Bertz CT molecular complexity index is 555. The van der Waals surface area contributed by atoms with Crippen molar-refractivity contribution in [1.82, 2.24) is 9.80 Å². The number of hydrogen-bond acceptors (Lipinski definition) is 4. The summed E-state index contributed by atoms with van der Waals surface area (Å²) in [6.07, 6.45) is 2.69. The van der Waals surface area contributed by atoms with Crippen LogP contribution in [-0.2, 0) is 9.53 Å². The zero-order chi connectivity index (χ0) is 16.9. The standard InChI is InChI=1S/C18H26FN3O2/c1-14(18(23)20-17-7-3-2-6-16(17)19)22-10-8-21(9-11-22)13-15-5-4-12-24-15/h2-3,6-7,14-15H,4-5,8-13H2,1H3,(H,20,23). The number of nitrogens with zero attached hydrogens (tertiary/aromatic N) is 2. The maximum Gasteiger partial charge on any atom is 0.241 e. The second-order valence-electron chi connectivity index (χ2n) is 6.62. The number of rotatable bonds is 5. The highest BCUT2D eigenvalue weighted by molar-refractivity contribution is 5.94. The number of piperazine rings is 1. The molecule has 24 heavy (non-hydrogen) atoms. The summed E-state index contributed by atoms with van der Waals surface area (Å²) in [5.41, 5.74) is 0.242. The molecule has 1 aromatic rings. The van der Waals surface area contributed by atoms with Gasteiger partial charge in [0.05, 0.1) is 17.8 Å². The van der Waals surface area contributed by atoms with Crippen molar-refractivity contribution in [2.75, 3.05) is 44.6 Å². The number of anilines is 1. The molecule has 0 aliphatic carbocycles. The molecule has 3 rings (SSSR count). The molecule has 2 aliphatic heterocycles. The summed E-state index contributed by atoms with van der Waals surface area (Å²) in [6.45, 7) is 7.33. The SMILES string of the molecule is CC(C(=O)Nc1ccccc1F)N1CCN(CC2CCCO2)CC1. The molecule has 1 aromatic carbocycles. The number of carbonyl (C=O) groups excluding carboxylic acids is 1. The molecule has 5 nitrogen and oxygen atoms in total. The van der Waals surface area contributed by atoms with E-state index in [1.807, 2.05) is 6.92 Å². The van der Waals surface area contributed by atoms with Crippen LogP contribution in [0.25, 0.3) is 0 Å². The predicted octanol–water partition coefficient (Wildman–Crippen LogP) is 1.95. The number of carbonyl (C=O) groups is 1. The van der Waals surface area contributed by atoms with Crippen molar-refractivity contribution in [1.29, 1.82) is 0 Å². The monoisotopic (exact) mass is 335 g/mol. The van der Waals surface area contributed by atoms with Crippen LogP contribution in [0.1, 0.15) is 19.8 Å². The molecule has 2 unspecified atom stereocenters. The normalized spacial score (nSPS) is 24.0. The summed E-state index contributed by atoms with van der Waals surface area (Å²) in [5.74, 6) is -0.563. The Labute approximate surface area is 142 Å². The van der Waals surface area contributed by atoms with Gasteiger partial charge in [0.2, 0.25) is 5.91 Å². The van der Waals surface area contributed by atoms with Crippen molar-refractivity contribution in [3.8, 4) is 0 Å². The van der Waals surface area contributed by atoms with E-state index in [-0.39, 0.29) is 17.6 Å². The first-order chi connectivity index (χ1) is 11.6. The highest BCUT2D eigenvalue weighted by Crippen LogP contribution is 2.16. The summed E-state index contributed by atoms with van der Waals surface area (Å²) in [7, 11) is 0. The van der Waals surface area contributed by atoms with Gasteiger partial charge in [-0.1, -0.05) is 12.1 Å². The van der Waals surface area contributed by atoms with Gasteiger partial charge in [-0.2, -0.15) is 0 Å². The highest BCUT2D eigenvalue weighted by atomic mass is 19.1. The molecule has 0 saturated carbocycles. The third-order valence-corrected chi connectivity index (χ3v) is 4.95. The lowest BCUT2D eigenvalue weighted by atomic mass is 10.2. The van der Waals surface area contributed by atoms with Gasteiger partial charge in [0.1, 0.15) is 5.82 Å². The fourth-order valence-corrected chi connectivity index (χ4v) is 3.38. The quantitative estimate of drug-likeness (QED) is 0.893. The van der Waals surface area contributed by atoms with E-state index in [1.165, 1.54) is 6.07 Å². The molecule has 2 saturated heterocycles. The highest BCUT2D eigenvalue weighted by Gasteiger charge is 2.27. The van der Waals surface area contributed by atoms with Gasteiger partial charge >= 0.3 is 0 Å². The summed E-state index contributed by atoms with van der Waals surface area (Å²) >= 11 is 0. The maximum absolute atomic E-state index is 13.7. The fourth-order valence-electron chi connectivity index (χ4n) is 3.38. The molecule has 0 radical (unpaired) electrons. The van der Waals surface area contributed by atoms with Crippen molar-refractivity contribution >= 4 is 11.6 Å². The second-order valence-corrected chi connectivity index (χ2v) is 6.62. The van der Waals surface area contributed by atoms with Gasteiger partial charge in [-0.05, 0) is 31.9 Å². The van der Waals surface area contributed by atoms with Gasteiger partial charge in [0, 0.05) is 39.3 Å². The summed E-state index contributed by atoms with van der Waals surface area (Å²) in [6, 6.07) is 5.99. The van der Waals surface area contributed by atoms with Crippen LogP contribution in [0, 0.1) is 5.82 Å². The number of benzene rings is 1. The van der Waals surface area contributed by atoms with Gasteiger partial charge < -0.3 is 10.1 Å². The Morgan fingerprint density at radius 3 is 2.75 bits per heavy atom. The van der Waals surface area contributed by atoms with Crippen LogP contribution >= 0.6 is 0 Å². The van der Waals surface area contributed by atoms with E-state index in [1.54, 1.807) is 18.2 Å². The topological polar surface area (TPSA) is 44.8 Å². The molecule has 2 heterocycles. The molecule has 1 N–H and O–H groups in total. The number of halogens is 1. The molecule has 0 aromatic heterocycles. The Morgan fingerprint density at radius 1 is 1.33 bits per heavy atom. The molecular formula is C18H26FN3O2. The number of amides is 1. The van der Waals surface area contributed by atoms with Crippen LogP contribution in [0.5, 0.6) is 0 Å². The first-order valence-corrected chi connectivity index (χ1v) is 8.77. The van der Waals surface area contributed by atoms with Crippen LogP contribution in [0.4, 0.5) is 10.1 Å². The number of ether oxygens (including phenoxy) is 1. The largest absolute Gasteiger partial charge is 0.377 e.